The number of nitrogens with zero attached hydrogens (tertiary/aromatic N) is 1. The zero-order valence-electron chi connectivity index (χ0n) is 10.2. The van der Waals surface area contributed by atoms with Gasteiger partial charge in [-0.15, -0.1) is 0 Å². The summed E-state index contributed by atoms with van der Waals surface area (Å²) in [5.41, 5.74) is 7.45. The van der Waals surface area contributed by atoms with Gasteiger partial charge in [0, 0.05) is 24.5 Å². The highest BCUT2D eigenvalue weighted by Crippen LogP contribution is 2.20. The quantitative estimate of drug-likeness (QED) is 0.720. The van der Waals surface area contributed by atoms with Crippen molar-refractivity contribution in [2.75, 3.05) is 11.1 Å². The molecule has 5 nitrogen and oxygen atoms in total. The molecule has 0 aliphatic carbocycles. The Bertz CT molecular complexity index is 504. The van der Waals surface area contributed by atoms with Crippen molar-refractivity contribution in [3.05, 3.63) is 42.2 Å². The second kappa shape index (κ2) is 5.35. The van der Waals surface area contributed by atoms with E-state index in [1.807, 2.05) is 31.2 Å². The summed E-state index contributed by atoms with van der Waals surface area (Å²) >= 11 is 0. The summed E-state index contributed by atoms with van der Waals surface area (Å²) in [4.78, 5) is 18.5. The lowest BCUT2D eigenvalue weighted by atomic mass is 9.97. The van der Waals surface area contributed by atoms with Crippen molar-refractivity contribution in [2.24, 2.45) is 0 Å². The number of anilines is 2. The zero-order valence-corrected chi connectivity index (χ0v) is 10.2. The van der Waals surface area contributed by atoms with E-state index in [1.54, 1.807) is 12.4 Å². The first kappa shape index (κ1) is 12.2. The molecule has 1 unspecified atom stereocenters. The fourth-order valence-electron chi connectivity index (χ4n) is 1.74. The van der Waals surface area contributed by atoms with E-state index >= 15 is 0 Å². The van der Waals surface area contributed by atoms with Gasteiger partial charge in [0.25, 0.3) is 0 Å². The van der Waals surface area contributed by atoms with E-state index in [1.165, 1.54) is 0 Å². The minimum Gasteiger partial charge on any atom is -0.399 e. The van der Waals surface area contributed by atoms with E-state index in [9.17, 15) is 4.79 Å². The Labute approximate surface area is 105 Å². The minimum atomic E-state index is -0.0609. The van der Waals surface area contributed by atoms with Gasteiger partial charge in [-0.2, -0.15) is 0 Å². The molecule has 0 spiro atoms. The smallest absolute Gasteiger partial charge is 0.227 e. The molecule has 1 amide bonds. The van der Waals surface area contributed by atoms with Crippen molar-refractivity contribution in [1.29, 1.82) is 0 Å². The molecular weight excluding hydrogens is 228 g/mol. The molecule has 2 aromatic rings. The summed E-state index contributed by atoms with van der Waals surface area (Å²) in [5.74, 6) is 0.555. The molecule has 5 heteroatoms. The maximum atomic E-state index is 11.8. The fraction of sp³-hybridized carbons (Fsp3) is 0.231. The molecule has 1 aromatic carbocycles. The Morgan fingerprint density at radius 1 is 1.44 bits per heavy atom. The lowest BCUT2D eigenvalue weighted by Crippen LogP contribution is -2.15. The second-order valence-corrected chi connectivity index (χ2v) is 4.26. The molecule has 18 heavy (non-hydrogen) atoms. The van der Waals surface area contributed by atoms with Crippen molar-refractivity contribution in [3.63, 3.8) is 0 Å². The summed E-state index contributed by atoms with van der Waals surface area (Å²) in [6.45, 7) is 2.01. The van der Waals surface area contributed by atoms with E-state index in [0.29, 0.717) is 12.4 Å². The number of amides is 1. The first-order chi connectivity index (χ1) is 8.65. The number of rotatable bonds is 4. The Morgan fingerprint density at radius 3 is 2.78 bits per heavy atom. The molecule has 0 aliphatic heterocycles. The number of nitrogens with two attached hydrogens (primary N) is 1. The van der Waals surface area contributed by atoms with Crippen LogP contribution in [0.1, 0.15) is 24.8 Å². The topological polar surface area (TPSA) is 83.8 Å². The zero-order chi connectivity index (χ0) is 13.0. The molecule has 4 N–H and O–H groups in total. The average Bonchev–Trinajstić information content (AvgIpc) is 2.82. The van der Waals surface area contributed by atoms with E-state index in [4.69, 9.17) is 5.73 Å². The maximum absolute atomic E-state index is 11.8. The number of H-pyrrole nitrogens is 1. The number of benzene rings is 1. The molecular formula is C13H16N4O. The van der Waals surface area contributed by atoms with E-state index in [0.717, 1.165) is 11.3 Å². The minimum absolute atomic E-state index is 0.0609. The van der Waals surface area contributed by atoms with Gasteiger partial charge >= 0.3 is 0 Å². The van der Waals surface area contributed by atoms with Crippen LogP contribution in [0.15, 0.2) is 36.7 Å². The SMILES string of the molecule is CC(CC(=O)Nc1ncc[nH]1)c1ccc(N)cc1. The van der Waals surface area contributed by atoms with E-state index in [-0.39, 0.29) is 11.8 Å². The molecule has 0 radical (unpaired) electrons. The normalized spacial score (nSPS) is 12.1. The van der Waals surface area contributed by atoms with Crippen LogP contribution >= 0.6 is 0 Å². The van der Waals surface area contributed by atoms with Gasteiger partial charge in [-0.05, 0) is 23.6 Å². The standard InChI is InChI=1S/C13H16N4O/c1-9(10-2-4-11(14)5-3-10)8-12(18)17-13-15-6-7-16-13/h2-7,9H,8,14H2,1H3,(H2,15,16,17,18). The molecule has 94 valence electrons. The molecule has 0 saturated heterocycles. The predicted octanol–water partition coefficient (Wildman–Crippen LogP) is 2.12. The predicted molar refractivity (Wildman–Crippen MR) is 71.1 cm³/mol. The van der Waals surface area contributed by atoms with Crippen molar-refractivity contribution in [3.8, 4) is 0 Å². The number of nitrogens with one attached hydrogen (secondary N) is 2. The molecule has 1 atom stereocenters. The molecule has 0 bridgehead atoms. The number of imidazole rings is 1. The maximum Gasteiger partial charge on any atom is 0.227 e. The number of hydrogen-bond acceptors (Lipinski definition) is 3. The number of aromatic nitrogens is 2. The number of nitrogen functional groups attached to an aromatic ring is 1. The van der Waals surface area contributed by atoms with Gasteiger partial charge in [0.2, 0.25) is 11.9 Å². The van der Waals surface area contributed by atoms with Crippen LogP contribution in [0.2, 0.25) is 0 Å². The average molecular weight is 244 g/mol. The molecule has 2 rings (SSSR count). The Balaban J connectivity index is 1.92. The Morgan fingerprint density at radius 2 is 2.17 bits per heavy atom. The van der Waals surface area contributed by atoms with Crippen LogP contribution in [0, 0.1) is 0 Å². The first-order valence-electron chi connectivity index (χ1n) is 5.80. The van der Waals surface area contributed by atoms with Crippen molar-refractivity contribution in [1.82, 2.24) is 9.97 Å². The summed E-state index contributed by atoms with van der Waals surface area (Å²) in [6.07, 6.45) is 3.67. The van der Waals surface area contributed by atoms with Crippen LogP contribution in [0.25, 0.3) is 0 Å². The van der Waals surface area contributed by atoms with E-state index < -0.39 is 0 Å². The van der Waals surface area contributed by atoms with Gasteiger partial charge < -0.3 is 10.7 Å². The summed E-state index contributed by atoms with van der Waals surface area (Å²) in [6, 6.07) is 7.58. The van der Waals surface area contributed by atoms with Gasteiger partial charge in [0.1, 0.15) is 0 Å². The van der Waals surface area contributed by atoms with Crippen LogP contribution in [-0.2, 0) is 4.79 Å². The van der Waals surface area contributed by atoms with Crippen molar-refractivity contribution >= 4 is 17.5 Å². The molecule has 1 aromatic heterocycles. The molecule has 0 fully saturated rings. The highest BCUT2D eigenvalue weighted by molar-refractivity contribution is 5.89. The number of carbonyl (C=O) groups is 1. The van der Waals surface area contributed by atoms with Gasteiger partial charge in [0.05, 0.1) is 0 Å². The largest absolute Gasteiger partial charge is 0.399 e. The number of carbonyl (C=O) groups excluding carboxylic acids is 1. The Hall–Kier alpha value is -2.30. The first-order valence-corrected chi connectivity index (χ1v) is 5.80. The monoisotopic (exact) mass is 244 g/mol. The third kappa shape index (κ3) is 3.10. The van der Waals surface area contributed by atoms with Crippen LogP contribution in [0.5, 0.6) is 0 Å². The summed E-state index contributed by atoms with van der Waals surface area (Å²) < 4.78 is 0. The van der Waals surface area contributed by atoms with Crippen LogP contribution in [-0.4, -0.2) is 15.9 Å². The highest BCUT2D eigenvalue weighted by atomic mass is 16.1. The van der Waals surface area contributed by atoms with Crippen LogP contribution < -0.4 is 11.1 Å². The van der Waals surface area contributed by atoms with Crippen LogP contribution in [0.3, 0.4) is 0 Å². The molecule has 1 heterocycles. The van der Waals surface area contributed by atoms with Gasteiger partial charge in [-0.1, -0.05) is 19.1 Å². The van der Waals surface area contributed by atoms with Gasteiger partial charge in [-0.3, -0.25) is 10.1 Å². The van der Waals surface area contributed by atoms with Crippen molar-refractivity contribution < 1.29 is 4.79 Å². The number of aromatic amines is 1. The second-order valence-electron chi connectivity index (χ2n) is 4.26. The summed E-state index contributed by atoms with van der Waals surface area (Å²) in [5, 5.41) is 2.70. The van der Waals surface area contributed by atoms with Crippen molar-refractivity contribution in [2.45, 2.75) is 19.3 Å². The third-order valence-electron chi connectivity index (χ3n) is 2.75. The van der Waals surface area contributed by atoms with E-state index in [2.05, 4.69) is 15.3 Å². The Kier molecular flexibility index (Phi) is 3.62. The van der Waals surface area contributed by atoms with Gasteiger partial charge in [-0.25, -0.2) is 4.98 Å². The molecule has 0 saturated carbocycles. The summed E-state index contributed by atoms with van der Waals surface area (Å²) in [7, 11) is 0. The highest BCUT2D eigenvalue weighted by Gasteiger charge is 2.11. The lowest BCUT2D eigenvalue weighted by molar-refractivity contribution is -0.116. The molecule has 0 aliphatic rings. The van der Waals surface area contributed by atoms with Gasteiger partial charge in [0.15, 0.2) is 0 Å². The fourth-order valence-corrected chi connectivity index (χ4v) is 1.74. The van der Waals surface area contributed by atoms with Crippen LogP contribution in [0.4, 0.5) is 11.6 Å². The number of hydrogen-bond donors (Lipinski definition) is 3. The lowest BCUT2D eigenvalue weighted by Gasteiger charge is -2.11. The third-order valence-corrected chi connectivity index (χ3v) is 2.75.